The highest BCUT2D eigenvalue weighted by Gasteiger charge is 2.35. The van der Waals surface area contributed by atoms with E-state index in [0.29, 0.717) is 42.2 Å². The fourth-order valence-corrected chi connectivity index (χ4v) is 5.77. The molecule has 0 bridgehead atoms. The number of hydrogen-bond donors (Lipinski definition) is 1. The van der Waals surface area contributed by atoms with Crippen molar-refractivity contribution in [2.45, 2.75) is 38.6 Å². The van der Waals surface area contributed by atoms with Crippen LogP contribution in [0.25, 0.3) is 0 Å². The predicted molar refractivity (Wildman–Crippen MR) is 156 cm³/mol. The van der Waals surface area contributed by atoms with Crippen LogP contribution in [-0.2, 0) is 9.59 Å². The average molecular weight is 545 g/mol. The SMILES string of the molecule is CC(=O)N1CCN(c2ccc(C(=O)N3c4ccccc4C(CC(=O)Nc4ccc(Cl)cc4)CC3C)cc2)CC1. The first-order valence-corrected chi connectivity index (χ1v) is 13.8. The number of hydrogen-bond acceptors (Lipinski definition) is 4. The number of fused-ring (bicyclic) bond motifs is 1. The second kappa shape index (κ2) is 11.5. The molecular weight excluding hydrogens is 512 g/mol. The summed E-state index contributed by atoms with van der Waals surface area (Å²) in [7, 11) is 0. The van der Waals surface area contributed by atoms with Crippen molar-refractivity contribution < 1.29 is 14.4 Å². The van der Waals surface area contributed by atoms with E-state index in [4.69, 9.17) is 11.6 Å². The quantitative estimate of drug-likeness (QED) is 0.456. The van der Waals surface area contributed by atoms with E-state index in [9.17, 15) is 14.4 Å². The lowest BCUT2D eigenvalue weighted by molar-refractivity contribution is -0.129. The minimum absolute atomic E-state index is 0.00333. The van der Waals surface area contributed by atoms with Crippen molar-refractivity contribution in [2.24, 2.45) is 0 Å². The Kier molecular flexibility index (Phi) is 7.89. The molecule has 2 aliphatic rings. The lowest BCUT2D eigenvalue weighted by Crippen LogP contribution is -2.48. The first-order valence-electron chi connectivity index (χ1n) is 13.4. The normalized spacial score (nSPS) is 18.9. The number of benzene rings is 3. The number of carbonyl (C=O) groups is 3. The monoisotopic (exact) mass is 544 g/mol. The van der Waals surface area contributed by atoms with E-state index in [0.717, 1.165) is 30.0 Å². The summed E-state index contributed by atoms with van der Waals surface area (Å²) < 4.78 is 0. The first kappa shape index (κ1) is 26.8. The largest absolute Gasteiger partial charge is 0.368 e. The van der Waals surface area contributed by atoms with Crippen LogP contribution in [-0.4, -0.2) is 54.8 Å². The van der Waals surface area contributed by atoms with Gasteiger partial charge in [0.1, 0.15) is 0 Å². The van der Waals surface area contributed by atoms with Crippen LogP contribution in [0, 0.1) is 0 Å². The van der Waals surface area contributed by atoms with Gasteiger partial charge < -0.3 is 20.0 Å². The zero-order chi connectivity index (χ0) is 27.5. The van der Waals surface area contributed by atoms with Gasteiger partial charge in [0.2, 0.25) is 11.8 Å². The van der Waals surface area contributed by atoms with Crippen LogP contribution >= 0.6 is 11.6 Å². The molecule has 1 saturated heterocycles. The van der Waals surface area contributed by atoms with Crippen molar-refractivity contribution in [3.05, 3.63) is 88.9 Å². The van der Waals surface area contributed by atoms with Crippen LogP contribution in [0.5, 0.6) is 0 Å². The summed E-state index contributed by atoms with van der Waals surface area (Å²) in [6, 6.07) is 22.6. The van der Waals surface area contributed by atoms with Gasteiger partial charge in [0.15, 0.2) is 0 Å². The van der Waals surface area contributed by atoms with E-state index in [-0.39, 0.29) is 29.7 Å². The van der Waals surface area contributed by atoms with Crippen LogP contribution in [0.3, 0.4) is 0 Å². The van der Waals surface area contributed by atoms with Crippen LogP contribution < -0.4 is 15.1 Å². The highest BCUT2D eigenvalue weighted by atomic mass is 35.5. The van der Waals surface area contributed by atoms with Gasteiger partial charge in [-0.1, -0.05) is 29.8 Å². The summed E-state index contributed by atoms with van der Waals surface area (Å²) in [6.45, 7) is 6.61. The minimum atomic E-state index is -0.0694. The molecule has 0 spiro atoms. The summed E-state index contributed by atoms with van der Waals surface area (Å²) in [5.74, 6) is -0.00432. The van der Waals surface area contributed by atoms with E-state index in [1.807, 2.05) is 65.3 Å². The molecular formula is C31H33ClN4O3. The maximum atomic E-state index is 13.8. The lowest BCUT2D eigenvalue weighted by atomic mass is 9.83. The molecule has 2 heterocycles. The number of para-hydroxylation sites is 1. The number of piperazine rings is 1. The van der Waals surface area contributed by atoms with Crippen molar-refractivity contribution in [3.8, 4) is 0 Å². The van der Waals surface area contributed by atoms with Gasteiger partial charge >= 0.3 is 0 Å². The molecule has 2 aliphatic heterocycles. The Morgan fingerprint density at radius 3 is 2.23 bits per heavy atom. The van der Waals surface area contributed by atoms with Crippen molar-refractivity contribution in [3.63, 3.8) is 0 Å². The van der Waals surface area contributed by atoms with E-state index >= 15 is 0 Å². The molecule has 0 radical (unpaired) electrons. The third-order valence-corrected chi connectivity index (χ3v) is 7.94. The van der Waals surface area contributed by atoms with Crippen molar-refractivity contribution >= 4 is 46.4 Å². The number of carbonyl (C=O) groups excluding carboxylic acids is 3. The molecule has 2 atom stereocenters. The second-order valence-corrected chi connectivity index (χ2v) is 10.8. The van der Waals surface area contributed by atoms with Gasteiger partial charge in [-0.15, -0.1) is 0 Å². The topological polar surface area (TPSA) is 73.0 Å². The molecule has 0 saturated carbocycles. The number of nitrogens with one attached hydrogen (secondary N) is 1. The molecule has 1 N–H and O–H groups in total. The standard InChI is InChI=1S/C31H33ClN4O3/c1-21-19-24(20-30(38)33-26-11-9-25(32)10-12-26)28-5-3-4-6-29(28)36(21)31(39)23-7-13-27(14-8-23)35-17-15-34(16-18-35)22(2)37/h3-14,21,24H,15-20H2,1-2H3,(H,33,38). The summed E-state index contributed by atoms with van der Waals surface area (Å²) in [5, 5.41) is 3.58. The van der Waals surface area contributed by atoms with E-state index in [1.165, 1.54) is 0 Å². The van der Waals surface area contributed by atoms with Gasteiger partial charge in [-0.3, -0.25) is 14.4 Å². The molecule has 3 aromatic carbocycles. The molecule has 0 aromatic heterocycles. The van der Waals surface area contributed by atoms with Crippen LogP contribution in [0.4, 0.5) is 17.1 Å². The lowest BCUT2D eigenvalue weighted by Gasteiger charge is -2.39. The first-order chi connectivity index (χ1) is 18.8. The maximum Gasteiger partial charge on any atom is 0.258 e. The molecule has 3 aromatic rings. The Morgan fingerprint density at radius 2 is 1.56 bits per heavy atom. The minimum Gasteiger partial charge on any atom is -0.368 e. The van der Waals surface area contributed by atoms with Gasteiger partial charge in [0, 0.05) is 73.2 Å². The van der Waals surface area contributed by atoms with Gasteiger partial charge in [-0.05, 0) is 79.4 Å². The molecule has 8 heteroatoms. The Hall–Kier alpha value is -3.84. The highest BCUT2D eigenvalue weighted by molar-refractivity contribution is 6.30. The Bertz CT molecular complexity index is 1350. The number of halogens is 1. The van der Waals surface area contributed by atoms with Gasteiger partial charge in [0.05, 0.1) is 0 Å². The number of amides is 3. The molecule has 39 heavy (non-hydrogen) atoms. The molecule has 5 rings (SSSR count). The smallest absolute Gasteiger partial charge is 0.258 e. The second-order valence-electron chi connectivity index (χ2n) is 10.3. The van der Waals surface area contributed by atoms with Gasteiger partial charge in [-0.25, -0.2) is 0 Å². The zero-order valence-electron chi connectivity index (χ0n) is 22.3. The Labute approximate surface area is 234 Å². The third-order valence-electron chi connectivity index (χ3n) is 7.69. The molecule has 3 amide bonds. The summed E-state index contributed by atoms with van der Waals surface area (Å²) in [5.41, 5.74) is 4.25. The Morgan fingerprint density at radius 1 is 0.897 bits per heavy atom. The summed E-state index contributed by atoms with van der Waals surface area (Å²) in [6.07, 6.45) is 1.02. The van der Waals surface area contributed by atoms with Crippen LogP contribution in [0.15, 0.2) is 72.8 Å². The molecule has 0 aliphatic carbocycles. The highest BCUT2D eigenvalue weighted by Crippen LogP contribution is 2.41. The maximum absolute atomic E-state index is 13.8. The van der Waals surface area contributed by atoms with Crippen LogP contribution in [0.2, 0.25) is 5.02 Å². The molecule has 202 valence electrons. The average Bonchev–Trinajstić information content (AvgIpc) is 2.94. The van der Waals surface area contributed by atoms with E-state index in [2.05, 4.69) is 10.2 Å². The summed E-state index contributed by atoms with van der Waals surface area (Å²) >= 11 is 5.96. The fourth-order valence-electron chi connectivity index (χ4n) is 5.64. The third kappa shape index (κ3) is 5.93. The van der Waals surface area contributed by atoms with Gasteiger partial charge in [0.25, 0.3) is 5.91 Å². The molecule has 1 fully saturated rings. The van der Waals surface area contributed by atoms with E-state index < -0.39 is 0 Å². The van der Waals surface area contributed by atoms with Crippen LogP contribution in [0.1, 0.15) is 48.5 Å². The molecule has 7 nitrogen and oxygen atoms in total. The van der Waals surface area contributed by atoms with Gasteiger partial charge in [-0.2, -0.15) is 0 Å². The fraction of sp³-hybridized carbons (Fsp3) is 0.323. The van der Waals surface area contributed by atoms with Crippen molar-refractivity contribution in [1.29, 1.82) is 0 Å². The zero-order valence-corrected chi connectivity index (χ0v) is 23.0. The predicted octanol–water partition coefficient (Wildman–Crippen LogP) is 5.56. The van der Waals surface area contributed by atoms with Crippen molar-refractivity contribution in [1.82, 2.24) is 4.90 Å². The summed E-state index contributed by atoms with van der Waals surface area (Å²) in [4.78, 5) is 44.2. The van der Waals surface area contributed by atoms with E-state index in [1.54, 1.807) is 31.2 Å². The van der Waals surface area contributed by atoms with Crippen molar-refractivity contribution in [2.75, 3.05) is 41.3 Å². The molecule has 2 unspecified atom stereocenters. The number of rotatable bonds is 5. The number of anilines is 3. The Balaban J connectivity index is 1.29. The number of nitrogens with zero attached hydrogens (tertiary/aromatic N) is 3.